The molecule has 2 aromatic carbocycles. The molecular weight excluding hydrogens is 219 g/mol. The van der Waals surface area contributed by atoms with Gasteiger partial charge in [0.2, 0.25) is 6.29 Å². The summed E-state index contributed by atoms with van der Waals surface area (Å²) in [4.78, 5) is 0. The second-order valence-corrected chi connectivity index (χ2v) is 3.68. The van der Waals surface area contributed by atoms with Crippen LogP contribution in [0.3, 0.4) is 0 Å². The van der Waals surface area contributed by atoms with E-state index in [4.69, 9.17) is 4.74 Å². The topological polar surface area (TPSA) is 29.1 Å². The molecule has 2 rings (SSSR count). The van der Waals surface area contributed by atoms with Crippen molar-refractivity contribution < 1.29 is 14.2 Å². The summed E-state index contributed by atoms with van der Waals surface area (Å²) >= 11 is 0. The second kappa shape index (κ2) is 5.57. The number of hydrogen-bond acceptors (Lipinski definition) is 1. The van der Waals surface area contributed by atoms with Crippen molar-refractivity contribution in [2.24, 2.45) is 0 Å². The van der Waals surface area contributed by atoms with Gasteiger partial charge in [-0.15, -0.1) is 0 Å². The van der Waals surface area contributed by atoms with E-state index < -0.39 is 12.1 Å². The van der Waals surface area contributed by atoms with Crippen LogP contribution in [-0.4, -0.2) is 0 Å². The lowest BCUT2D eigenvalue weighted by Gasteiger charge is -2.10. The van der Waals surface area contributed by atoms with E-state index in [2.05, 4.69) is 0 Å². The smallest absolute Gasteiger partial charge is 0.217 e. The van der Waals surface area contributed by atoms with Gasteiger partial charge in [-0.2, -0.15) is 5.11 Å². The third-order valence-electron chi connectivity index (χ3n) is 2.37. The third kappa shape index (κ3) is 3.37. The number of hydrogen-bond donors (Lipinski definition) is 0. The van der Waals surface area contributed by atoms with Crippen molar-refractivity contribution >= 4 is 0 Å². The highest BCUT2D eigenvalue weighted by Crippen LogP contribution is 2.17. The van der Waals surface area contributed by atoms with Gasteiger partial charge < -0.3 is 4.74 Å². The number of ether oxygens (including phenoxy) is 1. The normalized spacial score (nSPS) is 12.4. The molecule has 87 valence electrons. The van der Waals surface area contributed by atoms with Crippen LogP contribution in [0.4, 0.5) is 4.39 Å². The van der Waals surface area contributed by atoms with E-state index in [1.54, 1.807) is 6.07 Å². The van der Waals surface area contributed by atoms with Gasteiger partial charge in [0, 0.05) is 5.56 Å². The van der Waals surface area contributed by atoms with Gasteiger partial charge in [0.1, 0.15) is 5.82 Å². The molecular formula is C14H12FO2. The van der Waals surface area contributed by atoms with Gasteiger partial charge in [0.15, 0.2) is 0 Å². The number of benzene rings is 2. The molecule has 0 aliphatic rings. The summed E-state index contributed by atoms with van der Waals surface area (Å²) < 4.78 is 18.0. The molecule has 0 aliphatic carbocycles. The van der Waals surface area contributed by atoms with E-state index in [0.29, 0.717) is 5.56 Å². The Morgan fingerprint density at radius 3 is 2.53 bits per heavy atom. The summed E-state index contributed by atoms with van der Waals surface area (Å²) in [6.07, 6.45) is -1.36. The lowest BCUT2D eigenvalue weighted by atomic mass is 10.2. The molecule has 17 heavy (non-hydrogen) atoms. The van der Waals surface area contributed by atoms with E-state index in [1.165, 1.54) is 18.2 Å². The maximum atomic E-state index is 12.9. The first-order valence-corrected chi connectivity index (χ1v) is 5.32. The van der Waals surface area contributed by atoms with Crippen LogP contribution in [-0.2, 0) is 16.5 Å². The van der Waals surface area contributed by atoms with Crippen molar-refractivity contribution in [2.45, 2.75) is 12.9 Å². The largest absolute Gasteiger partial charge is 0.341 e. The van der Waals surface area contributed by atoms with Crippen LogP contribution in [0.15, 0.2) is 54.6 Å². The zero-order valence-electron chi connectivity index (χ0n) is 9.18. The molecule has 0 saturated carbocycles. The van der Waals surface area contributed by atoms with Gasteiger partial charge in [-0.1, -0.05) is 42.5 Å². The molecule has 0 aliphatic heterocycles. The van der Waals surface area contributed by atoms with E-state index in [1.807, 2.05) is 30.3 Å². The molecule has 0 saturated heterocycles. The van der Waals surface area contributed by atoms with Crippen LogP contribution >= 0.6 is 0 Å². The zero-order chi connectivity index (χ0) is 12.1. The predicted molar refractivity (Wildman–Crippen MR) is 61.1 cm³/mol. The highest BCUT2D eigenvalue weighted by molar-refractivity contribution is 5.18. The highest BCUT2D eigenvalue weighted by atomic mass is 19.1. The Morgan fingerprint density at radius 1 is 1.06 bits per heavy atom. The lowest BCUT2D eigenvalue weighted by Crippen LogP contribution is -2.02. The molecule has 1 radical (unpaired) electrons. The first-order chi connectivity index (χ1) is 8.25. The van der Waals surface area contributed by atoms with Crippen molar-refractivity contribution in [3.63, 3.8) is 0 Å². The number of rotatable bonds is 4. The maximum Gasteiger partial charge on any atom is 0.217 e. The molecule has 0 fully saturated rings. The SMILES string of the molecule is [O]C(OCc1ccccc1)c1cccc(F)c1. The van der Waals surface area contributed by atoms with Crippen molar-refractivity contribution in [2.75, 3.05) is 0 Å². The molecule has 0 heterocycles. The first-order valence-electron chi connectivity index (χ1n) is 5.32. The van der Waals surface area contributed by atoms with Crippen LogP contribution in [0.1, 0.15) is 17.4 Å². The number of halogens is 1. The standard InChI is InChI=1S/C14H12FO2/c15-13-8-4-7-12(9-13)14(16)17-10-11-5-2-1-3-6-11/h1-9,14H,10H2. The molecule has 3 heteroatoms. The Hall–Kier alpha value is -1.71. The highest BCUT2D eigenvalue weighted by Gasteiger charge is 2.10. The minimum Gasteiger partial charge on any atom is -0.341 e. The molecule has 0 aromatic heterocycles. The van der Waals surface area contributed by atoms with Crippen LogP contribution in [0.5, 0.6) is 0 Å². The van der Waals surface area contributed by atoms with Crippen molar-refractivity contribution in [1.82, 2.24) is 0 Å². The fourth-order valence-corrected chi connectivity index (χ4v) is 1.50. The summed E-state index contributed by atoms with van der Waals surface area (Å²) in [5.41, 5.74) is 1.23. The second-order valence-electron chi connectivity index (χ2n) is 3.68. The van der Waals surface area contributed by atoms with E-state index in [9.17, 15) is 9.50 Å². The molecule has 0 N–H and O–H groups in total. The average molecular weight is 231 g/mol. The van der Waals surface area contributed by atoms with Crippen molar-refractivity contribution in [3.8, 4) is 0 Å². The summed E-state index contributed by atoms with van der Waals surface area (Å²) in [5, 5.41) is 11.7. The van der Waals surface area contributed by atoms with Crippen LogP contribution in [0, 0.1) is 5.82 Å². The molecule has 1 unspecified atom stereocenters. The van der Waals surface area contributed by atoms with Gasteiger partial charge >= 0.3 is 0 Å². The molecule has 0 bridgehead atoms. The van der Waals surface area contributed by atoms with Crippen LogP contribution in [0.2, 0.25) is 0 Å². The average Bonchev–Trinajstić information content (AvgIpc) is 2.37. The summed E-state index contributed by atoms with van der Waals surface area (Å²) in [7, 11) is 0. The van der Waals surface area contributed by atoms with Gasteiger partial charge in [0.05, 0.1) is 6.61 Å². The van der Waals surface area contributed by atoms with E-state index in [0.717, 1.165) is 5.56 Å². The fraction of sp³-hybridized carbons (Fsp3) is 0.143. The Labute approximate surface area is 99.3 Å². The summed E-state index contributed by atoms with van der Waals surface area (Å²) in [6, 6.07) is 15.0. The summed E-state index contributed by atoms with van der Waals surface area (Å²) in [5.74, 6) is -0.424. The third-order valence-corrected chi connectivity index (χ3v) is 2.37. The Kier molecular flexibility index (Phi) is 3.85. The van der Waals surface area contributed by atoms with Gasteiger partial charge in [-0.3, -0.25) is 0 Å². The Morgan fingerprint density at radius 2 is 1.82 bits per heavy atom. The van der Waals surface area contributed by atoms with Crippen molar-refractivity contribution in [1.29, 1.82) is 0 Å². The Bertz CT molecular complexity index is 471. The summed E-state index contributed by atoms with van der Waals surface area (Å²) in [6.45, 7) is 0.228. The Balaban J connectivity index is 1.96. The zero-order valence-corrected chi connectivity index (χ0v) is 9.18. The van der Waals surface area contributed by atoms with E-state index in [-0.39, 0.29) is 6.61 Å². The quantitative estimate of drug-likeness (QED) is 0.741. The lowest BCUT2D eigenvalue weighted by molar-refractivity contribution is -0.152. The van der Waals surface area contributed by atoms with Crippen LogP contribution in [0.25, 0.3) is 0 Å². The first kappa shape index (κ1) is 11.8. The van der Waals surface area contributed by atoms with Gasteiger partial charge in [-0.25, -0.2) is 4.39 Å². The van der Waals surface area contributed by atoms with Crippen molar-refractivity contribution in [3.05, 3.63) is 71.5 Å². The fourth-order valence-electron chi connectivity index (χ4n) is 1.50. The minimum atomic E-state index is -1.36. The predicted octanol–water partition coefficient (Wildman–Crippen LogP) is 3.47. The monoisotopic (exact) mass is 231 g/mol. The molecule has 0 spiro atoms. The molecule has 2 nitrogen and oxygen atoms in total. The van der Waals surface area contributed by atoms with Crippen LogP contribution < -0.4 is 0 Å². The minimum absolute atomic E-state index is 0.228. The molecule has 2 aromatic rings. The van der Waals surface area contributed by atoms with Gasteiger partial charge in [-0.05, 0) is 17.7 Å². The van der Waals surface area contributed by atoms with E-state index >= 15 is 0 Å². The molecule has 0 amide bonds. The van der Waals surface area contributed by atoms with Gasteiger partial charge in [0.25, 0.3) is 0 Å². The molecule has 1 atom stereocenters. The maximum absolute atomic E-state index is 12.9.